The summed E-state index contributed by atoms with van der Waals surface area (Å²) in [7, 11) is 0. The second-order valence-electron chi connectivity index (χ2n) is 3.54. The molecule has 94 valence electrons. The fourth-order valence-corrected chi connectivity index (χ4v) is 1.44. The molecular weight excluding hydrogens is 239 g/mol. The van der Waals surface area contributed by atoms with Gasteiger partial charge in [0.15, 0.2) is 0 Å². The van der Waals surface area contributed by atoms with E-state index in [9.17, 15) is 14.5 Å². The summed E-state index contributed by atoms with van der Waals surface area (Å²) in [5.41, 5.74) is 8.68. The molecule has 0 saturated heterocycles. The van der Waals surface area contributed by atoms with E-state index in [1.165, 1.54) is 6.07 Å². The summed E-state index contributed by atoms with van der Waals surface area (Å²) in [6.07, 6.45) is 3.76. The Labute approximate surface area is 103 Å². The van der Waals surface area contributed by atoms with E-state index < -0.39 is 10.7 Å². The molecule has 0 saturated carbocycles. The molecule has 0 radical (unpaired) electrons. The highest BCUT2D eigenvalue weighted by molar-refractivity contribution is 5.59. The van der Waals surface area contributed by atoms with E-state index in [4.69, 9.17) is 5.53 Å². The Morgan fingerprint density at radius 3 is 2.94 bits per heavy atom. The monoisotopic (exact) mass is 250 g/mol. The van der Waals surface area contributed by atoms with E-state index in [0.717, 1.165) is 6.07 Å². The van der Waals surface area contributed by atoms with Gasteiger partial charge in [0.2, 0.25) is 0 Å². The summed E-state index contributed by atoms with van der Waals surface area (Å²) in [6, 6.07) is 2.12. The van der Waals surface area contributed by atoms with Gasteiger partial charge in [-0.2, -0.15) is 0 Å². The summed E-state index contributed by atoms with van der Waals surface area (Å²) >= 11 is 0. The Morgan fingerprint density at radius 1 is 1.61 bits per heavy atom. The molecule has 6 nitrogen and oxygen atoms in total. The van der Waals surface area contributed by atoms with Crippen LogP contribution in [0.25, 0.3) is 16.5 Å². The van der Waals surface area contributed by atoms with Gasteiger partial charge in [-0.3, -0.25) is 10.1 Å². The van der Waals surface area contributed by atoms with Crippen LogP contribution in [-0.4, -0.2) is 11.5 Å². The number of nitro benzene ring substituents is 1. The molecule has 0 fully saturated rings. The maximum absolute atomic E-state index is 13.2. The lowest BCUT2D eigenvalue weighted by Gasteiger charge is -2.02. The van der Waals surface area contributed by atoms with Crippen molar-refractivity contribution in [2.75, 3.05) is 6.54 Å². The van der Waals surface area contributed by atoms with E-state index in [1.807, 2.05) is 0 Å². The van der Waals surface area contributed by atoms with Crippen molar-refractivity contribution >= 4 is 11.8 Å². The second kappa shape index (κ2) is 6.36. The predicted molar refractivity (Wildman–Crippen MR) is 65.5 cm³/mol. The van der Waals surface area contributed by atoms with Crippen LogP contribution in [0.5, 0.6) is 0 Å². The molecule has 7 heteroatoms. The number of azide groups is 1. The summed E-state index contributed by atoms with van der Waals surface area (Å²) in [5, 5.41) is 14.0. The molecule has 0 aliphatic carbocycles. The molecule has 1 aromatic rings. The standard InChI is InChI=1S/C11H11FN4O2/c1-8-9(4-2-3-5-14-15-13)6-10(12)7-11(8)16(17)18/h2,4,6-7H,3,5H2,1H3. The molecule has 1 aromatic carbocycles. The van der Waals surface area contributed by atoms with Crippen LogP contribution in [0.4, 0.5) is 10.1 Å². The third-order valence-corrected chi connectivity index (χ3v) is 2.34. The molecule has 0 atom stereocenters. The number of hydrogen-bond acceptors (Lipinski definition) is 3. The van der Waals surface area contributed by atoms with E-state index >= 15 is 0 Å². The highest BCUT2D eigenvalue weighted by Gasteiger charge is 2.14. The highest BCUT2D eigenvalue weighted by Crippen LogP contribution is 2.24. The van der Waals surface area contributed by atoms with Crippen LogP contribution in [-0.2, 0) is 0 Å². The van der Waals surface area contributed by atoms with Crippen LogP contribution < -0.4 is 0 Å². The average Bonchev–Trinajstić information content (AvgIpc) is 2.32. The first-order valence-electron chi connectivity index (χ1n) is 5.18. The minimum Gasteiger partial charge on any atom is -0.258 e. The zero-order valence-corrected chi connectivity index (χ0v) is 9.71. The fraction of sp³-hybridized carbons (Fsp3) is 0.273. The maximum atomic E-state index is 13.2. The van der Waals surface area contributed by atoms with Crippen LogP contribution in [0.15, 0.2) is 23.3 Å². The van der Waals surface area contributed by atoms with Gasteiger partial charge in [-0.1, -0.05) is 17.3 Å². The summed E-state index contributed by atoms with van der Waals surface area (Å²) in [5.74, 6) is -0.651. The van der Waals surface area contributed by atoms with Crippen LogP contribution in [0.1, 0.15) is 17.5 Å². The zero-order valence-electron chi connectivity index (χ0n) is 9.71. The van der Waals surface area contributed by atoms with Crippen molar-refractivity contribution in [2.24, 2.45) is 5.11 Å². The zero-order chi connectivity index (χ0) is 13.5. The molecule has 0 bridgehead atoms. The van der Waals surface area contributed by atoms with E-state index in [-0.39, 0.29) is 5.69 Å². The van der Waals surface area contributed by atoms with Crippen molar-refractivity contribution in [2.45, 2.75) is 13.3 Å². The Bertz CT molecular complexity index is 536. The predicted octanol–water partition coefficient (Wildman–Crippen LogP) is 3.76. The van der Waals surface area contributed by atoms with Crippen molar-refractivity contribution in [3.05, 3.63) is 55.7 Å². The van der Waals surface area contributed by atoms with Gasteiger partial charge in [-0.25, -0.2) is 4.39 Å². The third-order valence-electron chi connectivity index (χ3n) is 2.34. The third kappa shape index (κ3) is 3.57. The van der Waals surface area contributed by atoms with E-state index in [2.05, 4.69) is 10.0 Å². The van der Waals surface area contributed by atoms with Crippen molar-refractivity contribution in [1.82, 2.24) is 0 Å². The first-order valence-corrected chi connectivity index (χ1v) is 5.18. The Kier molecular flexibility index (Phi) is 4.83. The van der Waals surface area contributed by atoms with Gasteiger partial charge in [-0.05, 0) is 30.5 Å². The second-order valence-corrected chi connectivity index (χ2v) is 3.54. The molecule has 0 N–H and O–H groups in total. The van der Waals surface area contributed by atoms with E-state index in [0.29, 0.717) is 24.1 Å². The number of nitro groups is 1. The van der Waals surface area contributed by atoms with Gasteiger partial charge >= 0.3 is 0 Å². The molecule has 0 unspecified atom stereocenters. The molecule has 0 spiro atoms. The lowest BCUT2D eigenvalue weighted by Crippen LogP contribution is -1.95. The Morgan fingerprint density at radius 2 is 2.33 bits per heavy atom. The molecule has 0 aliphatic rings. The molecule has 0 aliphatic heterocycles. The first-order chi connectivity index (χ1) is 8.56. The van der Waals surface area contributed by atoms with Gasteiger partial charge in [0.1, 0.15) is 5.82 Å². The largest absolute Gasteiger partial charge is 0.275 e. The number of nitrogens with zero attached hydrogens (tertiary/aromatic N) is 4. The van der Waals surface area contributed by atoms with Gasteiger partial charge in [-0.15, -0.1) is 0 Å². The van der Waals surface area contributed by atoms with Crippen molar-refractivity contribution in [3.63, 3.8) is 0 Å². The molecular formula is C11H11FN4O2. The number of hydrogen-bond donors (Lipinski definition) is 0. The van der Waals surface area contributed by atoms with Crippen molar-refractivity contribution < 1.29 is 9.31 Å². The molecule has 18 heavy (non-hydrogen) atoms. The van der Waals surface area contributed by atoms with Crippen molar-refractivity contribution in [1.29, 1.82) is 0 Å². The SMILES string of the molecule is Cc1c(C=CCCN=[N+]=[N-])cc(F)cc1[N+](=O)[O-]. The normalized spacial score (nSPS) is 10.3. The minimum atomic E-state index is -0.651. The molecule has 0 aromatic heterocycles. The summed E-state index contributed by atoms with van der Waals surface area (Å²) in [4.78, 5) is 12.7. The topological polar surface area (TPSA) is 91.9 Å². The van der Waals surface area contributed by atoms with Crippen molar-refractivity contribution in [3.8, 4) is 0 Å². The maximum Gasteiger partial charge on any atom is 0.275 e. The number of rotatable bonds is 5. The molecule has 0 amide bonds. The van der Waals surface area contributed by atoms with Gasteiger partial charge in [0.05, 0.1) is 11.0 Å². The van der Waals surface area contributed by atoms with Gasteiger partial charge < -0.3 is 0 Å². The molecule has 0 heterocycles. The lowest BCUT2D eigenvalue weighted by atomic mass is 10.1. The quantitative estimate of drug-likeness (QED) is 0.199. The number of benzene rings is 1. The van der Waals surface area contributed by atoms with Gasteiger partial charge in [0.25, 0.3) is 5.69 Å². The van der Waals surface area contributed by atoms with Crippen LogP contribution >= 0.6 is 0 Å². The van der Waals surface area contributed by atoms with E-state index in [1.54, 1.807) is 19.1 Å². The summed E-state index contributed by atoms with van der Waals surface area (Å²) in [6.45, 7) is 1.86. The molecule has 1 rings (SSSR count). The smallest absolute Gasteiger partial charge is 0.258 e. The van der Waals surface area contributed by atoms with Crippen LogP contribution in [0, 0.1) is 22.9 Å². The van der Waals surface area contributed by atoms with Gasteiger partial charge in [0, 0.05) is 17.0 Å². The average molecular weight is 250 g/mol. The lowest BCUT2D eigenvalue weighted by molar-refractivity contribution is -0.385. The summed E-state index contributed by atoms with van der Waals surface area (Å²) < 4.78 is 13.2. The Hall–Kier alpha value is -2.40. The highest BCUT2D eigenvalue weighted by atomic mass is 19.1. The first kappa shape index (κ1) is 13.7. The minimum absolute atomic E-state index is 0.246. The number of halogens is 1. The Balaban J connectivity index is 2.95. The van der Waals surface area contributed by atoms with Crippen LogP contribution in [0.3, 0.4) is 0 Å². The fourth-order valence-electron chi connectivity index (χ4n) is 1.44. The van der Waals surface area contributed by atoms with Crippen LogP contribution in [0.2, 0.25) is 0 Å².